The molecule has 0 spiro atoms. The molecule has 0 bridgehead atoms. The number of hydrogen-bond donors (Lipinski definition) is 1. The van der Waals surface area contributed by atoms with Crippen molar-refractivity contribution in [2.45, 2.75) is 25.8 Å². The van der Waals surface area contributed by atoms with Gasteiger partial charge in [0.05, 0.1) is 14.7 Å². The number of carboxylic acids is 1. The van der Waals surface area contributed by atoms with Crippen LogP contribution in [0.3, 0.4) is 0 Å². The van der Waals surface area contributed by atoms with Gasteiger partial charge in [-0.15, -0.1) is 11.3 Å². The van der Waals surface area contributed by atoms with Crippen molar-refractivity contribution in [1.29, 1.82) is 0 Å². The minimum absolute atomic E-state index is 0.273. The first-order valence-corrected chi connectivity index (χ1v) is 7.75. The Morgan fingerprint density at radius 2 is 2.32 bits per heavy atom. The number of halogens is 1. The van der Waals surface area contributed by atoms with Crippen LogP contribution in [0.15, 0.2) is 22.1 Å². The van der Waals surface area contributed by atoms with Crippen LogP contribution in [0.2, 0.25) is 0 Å². The zero-order valence-electron chi connectivity index (χ0n) is 10.3. The second-order valence-electron chi connectivity index (χ2n) is 4.86. The summed E-state index contributed by atoms with van der Waals surface area (Å²) in [6.07, 6.45) is 4.08. The number of nitrogens with zero attached hydrogens (tertiary/aromatic N) is 2. The van der Waals surface area contributed by atoms with Crippen molar-refractivity contribution in [2.24, 2.45) is 5.92 Å². The molecule has 1 fully saturated rings. The van der Waals surface area contributed by atoms with Crippen molar-refractivity contribution in [3.8, 4) is 10.6 Å². The zero-order chi connectivity index (χ0) is 13.6. The smallest absolute Gasteiger partial charge is 0.339 e. The summed E-state index contributed by atoms with van der Waals surface area (Å²) >= 11 is 4.90. The van der Waals surface area contributed by atoms with E-state index in [2.05, 4.69) is 28.0 Å². The van der Waals surface area contributed by atoms with Crippen molar-refractivity contribution in [3.05, 3.63) is 27.7 Å². The molecule has 1 aliphatic carbocycles. The van der Waals surface area contributed by atoms with Crippen molar-refractivity contribution in [2.75, 3.05) is 0 Å². The van der Waals surface area contributed by atoms with Gasteiger partial charge in [0.1, 0.15) is 11.3 Å². The van der Waals surface area contributed by atoms with Crippen molar-refractivity contribution < 1.29 is 9.90 Å². The molecule has 0 radical (unpaired) electrons. The highest BCUT2D eigenvalue weighted by Gasteiger charge is 2.31. The molecule has 100 valence electrons. The predicted molar refractivity (Wildman–Crippen MR) is 77.6 cm³/mol. The topological polar surface area (TPSA) is 55.1 Å². The van der Waals surface area contributed by atoms with Crippen LogP contribution in [0.25, 0.3) is 10.6 Å². The number of rotatable bonds is 4. The third kappa shape index (κ3) is 2.47. The second kappa shape index (κ2) is 4.76. The molecule has 1 saturated carbocycles. The lowest BCUT2D eigenvalue weighted by molar-refractivity contribution is 0.0697. The van der Waals surface area contributed by atoms with Crippen molar-refractivity contribution in [3.63, 3.8) is 0 Å². The van der Waals surface area contributed by atoms with Gasteiger partial charge in [-0.2, -0.15) is 5.10 Å². The Morgan fingerprint density at radius 3 is 2.84 bits per heavy atom. The largest absolute Gasteiger partial charge is 0.478 e. The van der Waals surface area contributed by atoms with Crippen molar-refractivity contribution in [1.82, 2.24) is 9.78 Å². The van der Waals surface area contributed by atoms with Gasteiger partial charge in [0, 0.05) is 6.20 Å². The van der Waals surface area contributed by atoms with Crippen LogP contribution in [0.1, 0.15) is 36.2 Å². The lowest BCUT2D eigenvalue weighted by Gasteiger charge is -2.09. The fourth-order valence-corrected chi connectivity index (χ4v) is 3.56. The van der Waals surface area contributed by atoms with Gasteiger partial charge in [0.25, 0.3) is 0 Å². The number of carbonyl (C=O) groups is 1. The molecule has 19 heavy (non-hydrogen) atoms. The second-order valence-corrected chi connectivity index (χ2v) is 7.32. The van der Waals surface area contributed by atoms with Gasteiger partial charge in [0.15, 0.2) is 0 Å². The van der Waals surface area contributed by atoms with Gasteiger partial charge >= 0.3 is 5.97 Å². The van der Waals surface area contributed by atoms with Crippen molar-refractivity contribution >= 4 is 33.2 Å². The number of thiophene rings is 1. The minimum Gasteiger partial charge on any atom is -0.478 e. The van der Waals surface area contributed by atoms with Gasteiger partial charge < -0.3 is 5.11 Å². The van der Waals surface area contributed by atoms with Crippen LogP contribution >= 0.6 is 27.3 Å². The molecule has 4 nitrogen and oxygen atoms in total. The predicted octanol–water partition coefficient (Wildman–Crippen LogP) is 4.04. The molecule has 1 aliphatic rings. The minimum atomic E-state index is -0.922. The number of hydrogen-bond acceptors (Lipinski definition) is 3. The van der Waals surface area contributed by atoms with Crippen LogP contribution in [-0.2, 0) is 0 Å². The molecule has 2 aromatic rings. The Bertz CT molecular complexity index is 630. The van der Waals surface area contributed by atoms with Gasteiger partial charge in [-0.1, -0.05) is 0 Å². The molecule has 0 amide bonds. The number of carboxylic acid groups (broad SMARTS) is 1. The molecular weight excluding hydrogens is 328 g/mol. The zero-order valence-corrected chi connectivity index (χ0v) is 12.7. The first kappa shape index (κ1) is 12.9. The quantitative estimate of drug-likeness (QED) is 0.913. The Hall–Kier alpha value is -1.14. The highest BCUT2D eigenvalue weighted by atomic mass is 79.9. The van der Waals surface area contributed by atoms with Crippen LogP contribution in [-0.4, -0.2) is 20.9 Å². The lowest BCUT2D eigenvalue weighted by atomic mass is 10.2. The SMILES string of the molecule is CC(C1CC1)n1cc(C(=O)O)c(-c2ccc(Br)s2)n1. The molecule has 0 aliphatic heterocycles. The van der Waals surface area contributed by atoms with E-state index in [9.17, 15) is 9.90 Å². The van der Waals surface area contributed by atoms with Crippen LogP contribution in [0.4, 0.5) is 0 Å². The Morgan fingerprint density at radius 1 is 1.58 bits per heavy atom. The van der Waals surface area contributed by atoms with Gasteiger partial charge in [-0.05, 0) is 53.7 Å². The average Bonchev–Trinajstić information content (AvgIpc) is 2.96. The third-order valence-electron chi connectivity index (χ3n) is 3.49. The van der Waals surface area contributed by atoms with Gasteiger partial charge in [0.2, 0.25) is 0 Å². The molecule has 2 aromatic heterocycles. The summed E-state index contributed by atoms with van der Waals surface area (Å²) in [6, 6.07) is 4.08. The molecule has 1 unspecified atom stereocenters. The molecular formula is C13H13BrN2O2S. The van der Waals surface area contributed by atoms with E-state index in [0.717, 1.165) is 8.66 Å². The summed E-state index contributed by atoms with van der Waals surface area (Å²) in [7, 11) is 0. The molecule has 0 saturated heterocycles. The van der Waals surface area contributed by atoms with E-state index in [-0.39, 0.29) is 11.6 Å². The first-order valence-electron chi connectivity index (χ1n) is 6.14. The van der Waals surface area contributed by atoms with E-state index < -0.39 is 5.97 Å². The first-order chi connectivity index (χ1) is 9.06. The normalized spacial score (nSPS) is 16.5. The summed E-state index contributed by atoms with van der Waals surface area (Å²) < 4.78 is 2.79. The summed E-state index contributed by atoms with van der Waals surface area (Å²) in [4.78, 5) is 12.2. The maximum absolute atomic E-state index is 11.4. The fraction of sp³-hybridized carbons (Fsp3) is 0.385. The molecule has 2 heterocycles. The Labute approximate surface area is 123 Å². The Kier molecular flexibility index (Phi) is 3.22. The maximum Gasteiger partial charge on any atom is 0.339 e. The van der Waals surface area contributed by atoms with Crippen LogP contribution in [0.5, 0.6) is 0 Å². The Balaban J connectivity index is 2.04. The van der Waals surface area contributed by atoms with E-state index in [1.807, 2.05) is 16.8 Å². The fourth-order valence-electron chi connectivity index (χ4n) is 2.17. The number of aromatic nitrogens is 2. The lowest BCUT2D eigenvalue weighted by Crippen LogP contribution is -2.07. The highest BCUT2D eigenvalue weighted by Crippen LogP contribution is 2.40. The molecule has 1 atom stereocenters. The molecule has 0 aromatic carbocycles. The van der Waals surface area contributed by atoms with E-state index >= 15 is 0 Å². The van der Waals surface area contributed by atoms with E-state index in [1.54, 1.807) is 6.20 Å². The van der Waals surface area contributed by atoms with E-state index in [0.29, 0.717) is 11.6 Å². The third-order valence-corrected chi connectivity index (χ3v) is 5.12. The highest BCUT2D eigenvalue weighted by molar-refractivity contribution is 9.11. The summed E-state index contributed by atoms with van der Waals surface area (Å²) in [5.41, 5.74) is 0.845. The monoisotopic (exact) mass is 340 g/mol. The average molecular weight is 341 g/mol. The van der Waals surface area contributed by atoms with Gasteiger partial charge in [-0.3, -0.25) is 4.68 Å². The molecule has 3 rings (SSSR count). The maximum atomic E-state index is 11.4. The molecule has 1 N–H and O–H groups in total. The van der Waals surface area contributed by atoms with E-state index in [1.165, 1.54) is 24.2 Å². The standard InChI is InChI=1S/C13H13BrN2O2S/c1-7(8-2-3-8)16-6-9(13(17)18)12(15-16)10-4-5-11(14)19-10/h4-8H,2-3H2,1H3,(H,17,18). The molecule has 6 heteroatoms. The van der Waals surface area contributed by atoms with Gasteiger partial charge in [-0.25, -0.2) is 4.79 Å². The van der Waals surface area contributed by atoms with E-state index in [4.69, 9.17) is 0 Å². The van der Waals surface area contributed by atoms with Crippen LogP contribution < -0.4 is 0 Å². The summed E-state index contributed by atoms with van der Waals surface area (Å²) in [5, 5.41) is 13.8. The van der Waals surface area contributed by atoms with Crippen LogP contribution in [0, 0.1) is 5.92 Å². The summed E-state index contributed by atoms with van der Waals surface area (Å²) in [6.45, 7) is 2.10. The summed E-state index contributed by atoms with van der Waals surface area (Å²) in [5.74, 6) is -0.279. The number of aromatic carboxylic acids is 1.